The van der Waals surface area contributed by atoms with Crippen LogP contribution in [0.1, 0.15) is 55.4 Å². The summed E-state index contributed by atoms with van der Waals surface area (Å²) in [7, 11) is 0. The van der Waals surface area contributed by atoms with Crippen LogP contribution in [0.4, 0.5) is 22.7 Å². The first-order valence-corrected chi connectivity index (χ1v) is 25.0. The molecular weight excluding hydrogens is 860 g/mol. The van der Waals surface area contributed by atoms with E-state index < -0.39 is 0 Å². The van der Waals surface area contributed by atoms with Crippen LogP contribution in [0.25, 0.3) is 27.8 Å². The second kappa shape index (κ2) is 13.2. The molecule has 6 aliphatic rings. The van der Waals surface area contributed by atoms with Crippen molar-refractivity contribution in [3.05, 3.63) is 161 Å². The summed E-state index contributed by atoms with van der Waals surface area (Å²) in [6.45, 7) is 19.3. The maximum Gasteiger partial charge on any atom is 0.253 e. The maximum atomic E-state index is 7.16. The van der Waals surface area contributed by atoms with E-state index in [2.05, 4.69) is 191 Å². The van der Waals surface area contributed by atoms with Crippen LogP contribution in [0.5, 0.6) is 23.0 Å². The highest BCUT2D eigenvalue weighted by atomic mass is 32.2. The molecule has 14 rings (SSSR count). The first kappa shape index (κ1) is 39.8. The van der Waals surface area contributed by atoms with Crippen molar-refractivity contribution in [1.82, 2.24) is 14.5 Å². The number of fused-ring (bicyclic) bond motifs is 9. The Morgan fingerprint density at radius 1 is 0.478 bits per heavy atom. The lowest BCUT2D eigenvalue weighted by Crippen LogP contribution is -2.56. The van der Waals surface area contributed by atoms with Gasteiger partial charge in [0.05, 0.1) is 21.1 Å². The third-order valence-electron chi connectivity index (χ3n) is 16.5. The van der Waals surface area contributed by atoms with Gasteiger partial charge in [-0.25, -0.2) is 9.97 Å². The average Bonchev–Trinajstić information content (AvgIpc) is 3.80. The molecule has 0 unspecified atom stereocenters. The number of nitrogens with zero attached hydrogens (tertiary/aromatic N) is 5. The van der Waals surface area contributed by atoms with Crippen molar-refractivity contribution in [2.45, 2.75) is 64.9 Å². The van der Waals surface area contributed by atoms with Crippen LogP contribution >= 0.6 is 23.5 Å². The quantitative estimate of drug-likeness (QED) is 0.163. The number of hydrogen-bond acceptors (Lipinski definition) is 8. The molecule has 0 atom stereocenters. The Morgan fingerprint density at radius 3 is 1.34 bits per heavy atom. The number of benzene rings is 6. The minimum absolute atomic E-state index is 0.0307. The molecule has 2 aromatic heterocycles. The fourth-order valence-corrected chi connectivity index (χ4v) is 15.2. The molecule has 0 bridgehead atoms. The molecule has 8 heterocycles. The lowest BCUT2D eigenvalue weighted by atomic mass is 9.30. The van der Waals surface area contributed by atoms with Crippen molar-refractivity contribution < 1.29 is 9.47 Å². The van der Waals surface area contributed by atoms with Crippen molar-refractivity contribution in [3.8, 4) is 28.9 Å². The van der Waals surface area contributed by atoms with E-state index in [1.54, 1.807) is 0 Å². The van der Waals surface area contributed by atoms with Gasteiger partial charge < -0.3 is 19.3 Å². The van der Waals surface area contributed by atoms with Gasteiger partial charge in [-0.3, -0.25) is 4.57 Å². The van der Waals surface area contributed by atoms with E-state index in [4.69, 9.17) is 19.4 Å². The largest absolute Gasteiger partial charge is 0.458 e. The molecule has 0 amide bonds. The van der Waals surface area contributed by atoms with Crippen LogP contribution in [0.15, 0.2) is 161 Å². The molecule has 11 heteroatoms. The molecular formula is C56H47B2N5O2S2. The Balaban J connectivity index is 1.04. The molecule has 0 aliphatic carbocycles. The van der Waals surface area contributed by atoms with Crippen LogP contribution < -0.4 is 41.1 Å². The second-order valence-electron chi connectivity index (χ2n) is 20.9. The number of rotatable bonds is 3. The average molecular weight is 908 g/mol. The fourth-order valence-electron chi connectivity index (χ4n) is 11.9. The normalized spacial score (nSPS) is 19.4. The number of hydrogen-bond donors (Lipinski definition) is 0. The third-order valence-corrected chi connectivity index (χ3v) is 19.8. The lowest BCUT2D eigenvalue weighted by molar-refractivity contribution is 0.370. The molecule has 7 nitrogen and oxygen atoms in total. The van der Waals surface area contributed by atoms with Crippen LogP contribution in [-0.2, 0) is 0 Å². The summed E-state index contributed by atoms with van der Waals surface area (Å²) < 4.78 is 16.5. The van der Waals surface area contributed by atoms with Gasteiger partial charge >= 0.3 is 0 Å². The Labute approximate surface area is 400 Å². The first-order valence-electron chi connectivity index (χ1n) is 23.4. The van der Waals surface area contributed by atoms with E-state index in [0.29, 0.717) is 5.95 Å². The van der Waals surface area contributed by atoms with Gasteiger partial charge in [-0.15, -0.1) is 23.5 Å². The summed E-state index contributed by atoms with van der Waals surface area (Å²) in [5.74, 6) is 4.20. The molecule has 326 valence electrons. The molecule has 8 aromatic rings. The number of ether oxygens (including phenoxy) is 2. The predicted molar refractivity (Wildman–Crippen MR) is 282 cm³/mol. The summed E-state index contributed by atoms with van der Waals surface area (Å²) >= 11 is 3.99. The summed E-state index contributed by atoms with van der Waals surface area (Å²) in [5, 5.41) is 4.75. The molecule has 0 spiro atoms. The molecule has 6 aromatic carbocycles. The molecule has 0 N–H and O–H groups in total. The molecule has 0 radical (unpaired) electrons. The van der Waals surface area contributed by atoms with Crippen molar-refractivity contribution in [1.29, 1.82) is 0 Å². The van der Waals surface area contributed by atoms with E-state index in [0.717, 1.165) is 78.5 Å². The van der Waals surface area contributed by atoms with E-state index >= 15 is 0 Å². The molecule has 0 saturated carbocycles. The van der Waals surface area contributed by atoms with Crippen molar-refractivity contribution in [2.75, 3.05) is 9.80 Å². The Bertz CT molecular complexity index is 3350. The number of thioether (sulfide) groups is 2. The second-order valence-corrected chi connectivity index (χ2v) is 24.1. The first-order chi connectivity index (χ1) is 32.2. The van der Waals surface area contributed by atoms with Gasteiger partial charge in [0, 0.05) is 55.4 Å². The predicted octanol–water partition coefficient (Wildman–Crippen LogP) is 11.9. The highest BCUT2D eigenvalue weighted by molar-refractivity contribution is 8.05. The Kier molecular flexibility index (Phi) is 7.87. The van der Waals surface area contributed by atoms with Gasteiger partial charge in [-0.2, -0.15) is 0 Å². The van der Waals surface area contributed by atoms with Crippen molar-refractivity contribution >= 4 is 103 Å². The van der Waals surface area contributed by atoms with Gasteiger partial charge in [-0.05, 0) is 139 Å². The number of para-hydroxylation sites is 2. The summed E-state index contributed by atoms with van der Waals surface area (Å²) in [5.41, 5.74) is 14.0. The number of aromatic nitrogens is 3. The minimum atomic E-state index is -0.164. The topological polar surface area (TPSA) is 55.7 Å². The van der Waals surface area contributed by atoms with Crippen LogP contribution in [0.3, 0.4) is 0 Å². The highest BCUT2D eigenvalue weighted by Gasteiger charge is 2.59. The minimum Gasteiger partial charge on any atom is -0.458 e. The van der Waals surface area contributed by atoms with E-state index in [1.165, 1.54) is 31.9 Å². The fraction of sp³-hybridized carbons (Fsp3) is 0.214. The molecule has 0 saturated heterocycles. The summed E-state index contributed by atoms with van der Waals surface area (Å²) in [6.07, 6.45) is 3.70. The monoisotopic (exact) mass is 907 g/mol. The van der Waals surface area contributed by atoms with Crippen LogP contribution in [0.2, 0.25) is 0 Å². The lowest BCUT2D eigenvalue weighted by Gasteiger charge is -2.43. The SMILES string of the molecule is CC1(C)SC2=C(B3c4cc5c(cc4Oc4cccc(c43)N2c2ccccc2)c2cc3c(cc2n5-c2ncccn2)B2C4=C(SC(C)(C)C4(C)C)N(c4ccccc4)c4cccc(c42)O3)C1(C)C. The zero-order chi connectivity index (χ0) is 45.5. The summed E-state index contributed by atoms with van der Waals surface area (Å²) in [6, 6.07) is 46.0. The number of anilines is 4. The Hall–Kier alpha value is -6.29. The smallest absolute Gasteiger partial charge is 0.253 e. The standard InChI is InChI=1S/C56H47B2N5O2S2/c1-53(2)48-50(66-55(53,5)6)61(32-18-11-9-12-19-32)38-22-15-24-42-46(38)57(48)36-30-40-34(28-44(36)64-42)35-29-45-37(31-41(35)63(40)52-59-26-17-27-60-52)58-47-39(23-16-25-43(47)65-45)62(33-20-13-10-14-21-33)51-49(58)54(3,4)56(7,8)67-51/h9-31H,1-8H3. The van der Waals surface area contributed by atoms with Crippen LogP contribution in [-0.4, -0.2) is 37.5 Å². The molecule has 6 aliphatic heterocycles. The number of allylic oxidation sites excluding steroid dienone is 2. The Morgan fingerprint density at radius 2 is 0.910 bits per heavy atom. The van der Waals surface area contributed by atoms with Crippen molar-refractivity contribution in [2.24, 2.45) is 10.8 Å². The zero-order valence-corrected chi connectivity index (χ0v) is 40.4. The van der Waals surface area contributed by atoms with E-state index in [-0.39, 0.29) is 33.7 Å². The van der Waals surface area contributed by atoms with Gasteiger partial charge in [0.25, 0.3) is 13.4 Å². The van der Waals surface area contributed by atoms with E-state index in [1.807, 2.05) is 42.0 Å². The van der Waals surface area contributed by atoms with Gasteiger partial charge in [0.15, 0.2) is 0 Å². The summed E-state index contributed by atoms with van der Waals surface area (Å²) in [4.78, 5) is 14.9. The van der Waals surface area contributed by atoms with Gasteiger partial charge in [-0.1, -0.05) is 87.2 Å². The van der Waals surface area contributed by atoms with Gasteiger partial charge in [0.1, 0.15) is 23.0 Å². The van der Waals surface area contributed by atoms with Gasteiger partial charge in [0.2, 0.25) is 5.95 Å². The molecule has 67 heavy (non-hydrogen) atoms. The third kappa shape index (κ3) is 5.09. The highest BCUT2D eigenvalue weighted by Crippen LogP contribution is 2.64. The van der Waals surface area contributed by atoms with Crippen molar-refractivity contribution in [3.63, 3.8) is 0 Å². The molecule has 0 fully saturated rings. The maximum absolute atomic E-state index is 7.16. The van der Waals surface area contributed by atoms with E-state index in [9.17, 15) is 0 Å². The van der Waals surface area contributed by atoms with Crippen LogP contribution in [0, 0.1) is 10.8 Å². The zero-order valence-electron chi connectivity index (χ0n) is 38.8.